The van der Waals surface area contributed by atoms with Gasteiger partial charge in [-0.05, 0) is 108 Å². The smallest absolute Gasteiger partial charge is 0.387 e. The van der Waals surface area contributed by atoms with E-state index in [4.69, 9.17) is 44.8 Å². The summed E-state index contributed by atoms with van der Waals surface area (Å²) in [6.07, 6.45) is 5.72. The van der Waals surface area contributed by atoms with Crippen molar-refractivity contribution in [3.63, 3.8) is 0 Å². The van der Waals surface area contributed by atoms with Gasteiger partial charge in [-0.3, -0.25) is 9.05 Å². The van der Waals surface area contributed by atoms with E-state index in [9.17, 15) is 0 Å². The van der Waals surface area contributed by atoms with Crippen LogP contribution in [0.2, 0.25) is 0 Å². The Hall–Kier alpha value is -4.20. The Labute approximate surface area is 393 Å². The molecule has 0 N–H and O–H groups in total. The maximum absolute atomic E-state index is 7.24. The molecule has 10 nitrogen and oxygen atoms in total. The summed E-state index contributed by atoms with van der Waals surface area (Å²) in [4.78, 5) is 0. The fourth-order valence-corrected chi connectivity index (χ4v) is 12.7. The highest BCUT2D eigenvalue weighted by Gasteiger charge is 2.43. The minimum atomic E-state index is -1.90. The maximum Gasteiger partial charge on any atom is 0.387 e. The molecule has 4 aromatic carbocycles. The number of ether oxygens (including phenoxy) is 4. The van der Waals surface area contributed by atoms with Gasteiger partial charge in [0.05, 0.1) is 40.6 Å². The van der Waals surface area contributed by atoms with Crippen LogP contribution in [0.4, 0.5) is 0 Å². The van der Waals surface area contributed by atoms with Crippen molar-refractivity contribution < 1.29 is 44.8 Å². The zero-order chi connectivity index (χ0) is 47.7. The molecule has 358 valence electrons. The van der Waals surface area contributed by atoms with Crippen LogP contribution in [-0.4, -0.2) is 40.6 Å². The van der Waals surface area contributed by atoms with Gasteiger partial charge < -0.3 is 35.7 Å². The summed E-state index contributed by atoms with van der Waals surface area (Å²) in [6.45, 7) is 26.4. The maximum atomic E-state index is 7.24. The zero-order valence-corrected chi connectivity index (χ0v) is 43.9. The molecule has 66 heavy (non-hydrogen) atoms. The lowest BCUT2D eigenvalue weighted by Gasteiger charge is -2.28. The highest BCUT2D eigenvalue weighted by molar-refractivity contribution is 7.32. The van der Waals surface area contributed by atoms with Crippen LogP contribution < -0.4 is 28.0 Å². The molecular formula is C54H72O10P2. The summed E-state index contributed by atoms with van der Waals surface area (Å²) >= 11 is 0. The molecule has 2 aromatic heterocycles. The van der Waals surface area contributed by atoms with Gasteiger partial charge >= 0.3 is 16.5 Å². The van der Waals surface area contributed by atoms with Gasteiger partial charge in [0.15, 0.2) is 0 Å². The molecule has 0 spiro atoms. The van der Waals surface area contributed by atoms with E-state index in [2.05, 4.69) is 132 Å². The van der Waals surface area contributed by atoms with Crippen LogP contribution in [0.15, 0.2) is 65.3 Å². The molecule has 6 aromatic rings. The van der Waals surface area contributed by atoms with E-state index in [0.717, 1.165) is 128 Å². The summed E-state index contributed by atoms with van der Waals surface area (Å²) in [5, 5.41) is 3.59. The van der Waals surface area contributed by atoms with Crippen LogP contribution in [0.25, 0.3) is 43.9 Å². The standard InChI is InChI=1S/C54H72O10P2/c1-51(2,3)41-27-31(55-13)23-37-38-24-32(56-14)28-42(52(4,5)6)48(38)62-65(61-47(37)41)59-45-21-17-19-35(45)36-20-18-22-46(36)60-66-63-49-39(25-33(57-15)29-43(49)53(7,8)9)40-26-34(58-16)30-44(50(40)64-66)54(10,11)12/h23-30,35-36,45-46H,17-22H2,1-16H3/t35-,36-,45-,46-/m1/s1. The van der Waals surface area contributed by atoms with Crippen LogP contribution in [0.5, 0.6) is 23.0 Å². The molecule has 0 radical (unpaired) electrons. The average Bonchev–Trinajstić information content (AvgIpc) is 3.83. The largest absolute Gasteiger partial charge is 0.497 e. The Balaban J connectivity index is 1.25. The van der Waals surface area contributed by atoms with Crippen molar-refractivity contribution in [2.24, 2.45) is 11.8 Å². The number of hydrogen-bond donors (Lipinski definition) is 0. The lowest BCUT2D eigenvalue weighted by atomic mass is 9.84. The second kappa shape index (κ2) is 18.0. The minimum absolute atomic E-state index is 0.104. The van der Waals surface area contributed by atoms with Gasteiger partial charge in [-0.25, -0.2) is 0 Å². The number of hydrogen-bond acceptors (Lipinski definition) is 10. The van der Waals surface area contributed by atoms with Gasteiger partial charge in [-0.1, -0.05) is 95.9 Å². The molecule has 2 saturated carbocycles. The SMILES string of the molecule is COc1cc(C(C)(C)C)c2op(O[C@@H]3CCC[C@@H]3[C@H]3CCC[C@H]3Op3oc4c(C(C)(C)C)cc(OC)cc4c4cc(OC)cc(C(C)(C)C)c4o3)oc3c(C(C)(C)C)cc(OC)cc3c2c1. The van der Waals surface area contributed by atoms with E-state index in [1.54, 1.807) is 28.4 Å². The average molecular weight is 943 g/mol. The van der Waals surface area contributed by atoms with Crippen molar-refractivity contribution in [3.8, 4) is 23.0 Å². The predicted octanol–water partition coefficient (Wildman–Crippen LogP) is 16.0. The Kier molecular flexibility index (Phi) is 13.2. The lowest BCUT2D eigenvalue weighted by Crippen LogP contribution is -2.33. The summed E-state index contributed by atoms with van der Waals surface area (Å²) in [6, 6.07) is 16.5. The summed E-state index contributed by atoms with van der Waals surface area (Å²) < 4.78 is 66.5. The van der Waals surface area contributed by atoms with Crippen LogP contribution >= 0.6 is 16.5 Å². The van der Waals surface area contributed by atoms with E-state index >= 15 is 0 Å². The third-order valence-corrected chi connectivity index (χ3v) is 15.9. The second-order valence-corrected chi connectivity index (χ2v) is 24.5. The first-order valence-electron chi connectivity index (χ1n) is 23.6. The molecule has 2 aliphatic rings. The molecule has 4 atom stereocenters. The van der Waals surface area contributed by atoms with Crippen molar-refractivity contribution >= 4 is 60.4 Å². The molecule has 12 heteroatoms. The van der Waals surface area contributed by atoms with Crippen LogP contribution in [0.3, 0.4) is 0 Å². The van der Waals surface area contributed by atoms with Crippen molar-refractivity contribution in [2.75, 3.05) is 28.4 Å². The van der Waals surface area contributed by atoms with Crippen molar-refractivity contribution in [1.82, 2.24) is 0 Å². The molecule has 2 heterocycles. The van der Waals surface area contributed by atoms with Gasteiger partial charge in [0.1, 0.15) is 45.3 Å². The number of rotatable bonds is 9. The second-order valence-electron chi connectivity index (χ2n) is 22.5. The van der Waals surface area contributed by atoms with Crippen molar-refractivity contribution in [3.05, 3.63) is 70.8 Å². The van der Waals surface area contributed by atoms with E-state index in [1.807, 2.05) is 0 Å². The summed E-state index contributed by atoms with van der Waals surface area (Å²) in [7, 11) is 3.04. The van der Waals surface area contributed by atoms with Gasteiger partial charge in [-0.15, -0.1) is 0 Å². The number of methoxy groups -OCH3 is 4. The first-order chi connectivity index (χ1) is 31.0. The zero-order valence-electron chi connectivity index (χ0n) is 42.1. The van der Waals surface area contributed by atoms with Gasteiger partial charge in [0.25, 0.3) is 0 Å². The number of fused-ring (bicyclic) bond motifs is 6. The van der Waals surface area contributed by atoms with E-state index in [0.29, 0.717) is 0 Å². The fraction of sp³-hybridized carbons (Fsp3) is 0.556. The van der Waals surface area contributed by atoms with Crippen molar-refractivity contribution in [2.45, 2.75) is 155 Å². The van der Waals surface area contributed by atoms with Gasteiger partial charge in [0.2, 0.25) is 0 Å². The Morgan fingerprint density at radius 1 is 0.379 bits per heavy atom. The van der Waals surface area contributed by atoms with E-state index in [1.165, 1.54) is 0 Å². The van der Waals surface area contributed by atoms with Crippen molar-refractivity contribution in [1.29, 1.82) is 0 Å². The predicted molar refractivity (Wildman–Crippen MR) is 269 cm³/mol. The summed E-state index contributed by atoms with van der Waals surface area (Å²) in [5.74, 6) is 3.45. The molecule has 0 saturated heterocycles. The molecule has 2 aliphatic carbocycles. The Morgan fingerprint density at radius 3 is 0.833 bits per heavy atom. The monoisotopic (exact) mass is 942 g/mol. The fourth-order valence-electron chi connectivity index (χ4n) is 10.1. The molecule has 0 bridgehead atoms. The quantitative estimate of drug-likeness (QED) is 0.139. The molecule has 0 amide bonds. The molecule has 2 fully saturated rings. The molecular weight excluding hydrogens is 871 g/mol. The topological polar surface area (TPSA) is 108 Å². The summed E-state index contributed by atoms with van der Waals surface area (Å²) in [5.41, 5.74) is 6.00. The third-order valence-electron chi connectivity index (χ3n) is 13.7. The molecule has 8 rings (SSSR count). The Bertz CT molecular complexity index is 2480. The van der Waals surface area contributed by atoms with Crippen LogP contribution in [0, 0.1) is 11.8 Å². The highest BCUT2D eigenvalue weighted by Crippen LogP contribution is 2.51. The van der Waals surface area contributed by atoms with Gasteiger partial charge in [-0.2, -0.15) is 0 Å². The van der Waals surface area contributed by atoms with Gasteiger partial charge in [0, 0.05) is 43.8 Å². The van der Waals surface area contributed by atoms with E-state index in [-0.39, 0.29) is 45.7 Å². The first-order valence-corrected chi connectivity index (χ1v) is 25.8. The molecule has 0 unspecified atom stereocenters. The lowest BCUT2D eigenvalue weighted by molar-refractivity contribution is 0.100. The highest BCUT2D eigenvalue weighted by atomic mass is 31.1. The normalized spacial score (nSPS) is 19.6. The van der Waals surface area contributed by atoms with E-state index < -0.39 is 16.5 Å². The third kappa shape index (κ3) is 9.46. The first kappa shape index (κ1) is 48.3. The van der Waals surface area contributed by atoms with Crippen LogP contribution in [0.1, 0.15) is 144 Å². The Morgan fingerprint density at radius 2 is 0.621 bits per heavy atom. The molecule has 0 aliphatic heterocycles. The minimum Gasteiger partial charge on any atom is -0.497 e. The number of benzene rings is 4. The van der Waals surface area contributed by atoms with Crippen LogP contribution in [-0.2, 0) is 21.7 Å².